The molecule has 0 unspecified atom stereocenters. The van der Waals surface area contributed by atoms with E-state index in [0.29, 0.717) is 25.7 Å². The molecule has 1 fully saturated rings. The lowest BCUT2D eigenvalue weighted by Crippen LogP contribution is -2.44. The van der Waals surface area contributed by atoms with Crippen molar-refractivity contribution in [2.75, 3.05) is 13.7 Å². The monoisotopic (exact) mass is 393 g/mol. The Morgan fingerprint density at radius 3 is 2.21 bits per heavy atom. The summed E-state index contributed by atoms with van der Waals surface area (Å²) in [7, 11) is 1.55. The third kappa shape index (κ3) is 5.51. The predicted molar refractivity (Wildman–Crippen MR) is 101 cm³/mol. The zero-order valence-electron chi connectivity index (χ0n) is 16.7. The maximum atomic E-state index is 12.7. The number of ether oxygens (including phenoxy) is 3. The van der Waals surface area contributed by atoms with Crippen molar-refractivity contribution in [1.29, 1.82) is 0 Å². The summed E-state index contributed by atoms with van der Waals surface area (Å²) in [4.78, 5) is 35.2. The Morgan fingerprint density at radius 2 is 1.75 bits per heavy atom. The molecule has 0 aliphatic heterocycles. The van der Waals surface area contributed by atoms with Crippen LogP contribution in [0.3, 0.4) is 0 Å². The van der Waals surface area contributed by atoms with E-state index in [0.717, 1.165) is 0 Å². The fourth-order valence-electron chi connectivity index (χ4n) is 3.27. The van der Waals surface area contributed by atoms with Gasteiger partial charge in [-0.05, 0) is 58.6 Å². The number of carbonyl (C=O) groups is 2. The van der Waals surface area contributed by atoms with Crippen molar-refractivity contribution >= 4 is 17.6 Å². The second kappa shape index (κ2) is 8.68. The van der Waals surface area contributed by atoms with E-state index in [9.17, 15) is 19.7 Å². The van der Waals surface area contributed by atoms with Gasteiger partial charge in [0.1, 0.15) is 11.7 Å². The predicted octanol–water partition coefficient (Wildman–Crippen LogP) is 3.67. The van der Waals surface area contributed by atoms with E-state index in [1.807, 2.05) is 20.8 Å². The summed E-state index contributed by atoms with van der Waals surface area (Å²) in [5.41, 5.74) is -1.16. The second-order valence-electron chi connectivity index (χ2n) is 8.12. The number of hydrogen-bond acceptors (Lipinski definition) is 7. The number of hydrogen-bond donors (Lipinski definition) is 0. The van der Waals surface area contributed by atoms with E-state index >= 15 is 0 Å². The molecule has 1 aromatic rings. The first-order valence-corrected chi connectivity index (χ1v) is 9.24. The molecule has 0 atom stereocenters. The average molecular weight is 393 g/mol. The first kappa shape index (κ1) is 21.8. The molecule has 1 saturated carbocycles. The van der Waals surface area contributed by atoms with Gasteiger partial charge in [-0.2, -0.15) is 0 Å². The molecule has 0 saturated heterocycles. The fourth-order valence-corrected chi connectivity index (χ4v) is 3.27. The van der Waals surface area contributed by atoms with E-state index in [1.54, 1.807) is 7.11 Å². The van der Waals surface area contributed by atoms with Crippen molar-refractivity contribution < 1.29 is 28.7 Å². The number of nitrogens with zero attached hydrogens (tertiary/aromatic N) is 1. The van der Waals surface area contributed by atoms with Crippen LogP contribution in [0.15, 0.2) is 24.3 Å². The Morgan fingerprint density at radius 1 is 1.18 bits per heavy atom. The fraction of sp³-hybridized carbons (Fsp3) is 0.600. The quantitative estimate of drug-likeness (QED) is 0.412. The highest BCUT2D eigenvalue weighted by Gasteiger charge is 2.45. The van der Waals surface area contributed by atoms with E-state index < -0.39 is 21.9 Å². The minimum Gasteiger partial charge on any atom is -0.459 e. The maximum absolute atomic E-state index is 12.7. The van der Waals surface area contributed by atoms with Crippen LogP contribution in [0.5, 0.6) is 0 Å². The van der Waals surface area contributed by atoms with Gasteiger partial charge in [0.25, 0.3) is 5.69 Å². The Balaban J connectivity index is 1.98. The minimum absolute atomic E-state index is 0.0871. The van der Waals surface area contributed by atoms with Crippen LogP contribution in [-0.2, 0) is 19.0 Å². The number of non-ortho nitro benzene ring substituents is 1. The topological polar surface area (TPSA) is 105 Å². The van der Waals surface area contributed by atoms with Gasteiger partial charge in [-0.25, -0.2) is 4.79 Å². The van der Waals surface area contributed by atoms with Crippen LogP contribution < -0.4 is 0 Å². The molecule has 0 N–H and O–H groups in total. The van der Waals surface area contributed by atoms with E-state index in [-0.39, 0.29) is 29.9 Å². The number of esters is 2. The molecule has 1 aromatic carbocycles. The van der Waals surface area contributed by atoms with Crippen molar-refractivity contribution in [3.8, 4) is 0 Å². The molecule has 1 aliphatic carbocycles. The van der Waals surface area contributed by atoms with Gasteiger partial charge in [-0.1, -0.05) is 0 Å². The van der Waals surface area contributed by atoms with E-state index in [4.69, 9.17) is 14.2 Å². The van der Waals surface area contributed by atoms with Crippen molar-refractivity contribution in [3.63, 3.8) is 0 Å². The molecule has 0 radical (unpaired) electrons. The largest absolute Gasteiger partial charge is 0.459 e. The van der Waals surface area contributed by atoms with Crippen molar-refractivity contribution in [2.24, 2.45) is 5.41 Å². The Hall–Kier alpha value is -2.48. The van der Waals surface area contributed by atoms with Gasteiger partial charge < -0.3 is 14.2 Å². The van der Waals surface area contributed by atoms with Crippen molar-refractivity contribution in [2.45, 2.75) is 58.2 Å². The number of benzene rings is 1. The molecule has 0 spiro atoms. The Bertz CT molecular complexity index is 713. The minimum atomic E-state index is -0.738. The van der Waals surface area contributed by atoms with Gasteiger partial charge in [0.2, 0.25) is 0 Å². The lowest BCUT2D eigenvalue weighted by atomic mass is 9.73. The van der Waals surface area contributed by atoms with Gasteiger partial charge in [0.05, 0.1) is 22.5 Å². The van der Waals surface area contributed by atoms with Gasteiger partial charge in [-0.3, -0.25) is 14.9 Å². The highest BCUT2D eigenvalue weighted by molar-refractivity contribution is 5.89. The van der Waals surface area contributed by atoms with E-state index in [1.165, 1.54) is 24.3 Å². The molecular weight excluding hydrogens is 366 g/mol. The molecule has 0 heterocycles. The zero-order valence-corrected chi connectivity index (χ0v) is 16.7. The van der Waals surface area contributed by atoms with Crippen LogP contribution in [0.25, 0.3) is 0 Å². The third-order valence-electron chi connectivity index (χ3n) is 4.73. The number of rotatable bonds is 6. The highest BCUT2D eigenvalue weighted by Crippen LogP contribution is 2.40. The second-order valence-corrected chi connectivity index (χ2v) is 8.12. The standard InChI is InChI=1S/C20H27NO7/c1-19(2,3)28-18(23)20(13-26-4)11-9-16(10-12-20)27-17(22)14-5-7-15(8-6-14)21(24)25/h5-8,16H,9-13H2,1-4H3. The SMILES string of the molecule is COCC1(C(=O)OC(C)(C)C)CCC(OC(=O)c2ccc([N+](=O)[O-])cc2)CC1. The third-order valence-corrected chi connectivity index (χ3v) is 4.73. The number of carbonyl (C=O) groups excluding carboxylic acids is 2. The maximum Gasteiger partial charge on any atom is 0.338 e. The van der Waals surface area contributed by atoms with Crippen molar-refractivity contribution in [1.82, 2.24) is 0 Å². The molecule has 154 valence electrons. The molecule has 2 rings (SSSR count). The average Bonchev–Trinajstić information content (AvgIpc) is 2.62. The molecule has 1 aliphatic rings. The van der Waals surface area contributed by atoms with Gasteiger partial charge in [0, 0.05) is 19.2 Å². The summed E-state index contributed by atoms with van der Waals surface area (Å²) in [6, 6.07) is 5.28. The lowest BCUT2D eigenvalue weighted by Gasteiger charge is -2.38. The number of nitro groups is 1. The molecule has 0 aromatic heterocycles. The van der Waals surface area contributed by atoms with Crippen molar-refractivity contribution in [3.05, 3.63) is 39.9 Å². The first-order chi connectivity index (χ1) is 13.1. The molecule has 0 amide bonds. The van der Waals surface area contributed by atoms with Gasteiger partial charge in [-0.15, -0.1) is 0 Å². The first-order valence-electron chi connectivity index (χ1n) is 9.24. The molecule has 8 nitrogen and oxygen atoms in total. The van der Waals surface area contributed by atoms with E-state index in [2.05, 4.69) is 0 Å². The van der Waals surface area contributed by atoms with Crippen LogP contribution in [0.1, 0.15) is 56.8 Å². The van der Waals surface area contributed by atoms with Crippen LogP contribution in [0.4, 0.5) is 5.69 Å². The molecular formula is C20H27NO7. The molecule has 8 heteroatoms. The summed E-state index contributed by atoms with van der Waals surface area (Å²) in [6.45, 7) is 5.72. The van der Waals surface area contributed by atoms with Crippen LogP contribution in [-0.4, -0.2) is 42.3 Å². The number of methoxy groups -OCH3 is 1. The summed E-state index contributed by atoms with van der Waals surface area (Å²) >= 11 is 0. The Labute approximate surface area is 164 Å². The summed E-state index contributed by atoms with van der Waals surface area (Å²) in [6.07, 6.45) is 1.69. The lowest BCUT2D eigenvalue weighted by molar-refractivity contribution is -0.384. The molecule has 0 bridgehead atoms. The summed E-state index contributed by atoms with van der Waals surface area (Å²) < 4.78 is 16.4. The highest BCUT2D eigenvalue weighted by atomic mass is 16.6. The van der Waals surface area contributed by atoms with Crippen LogP contribution in [0.2, 0.25) is 0 Å². The normalized spacial score (nSPS) is 22.4. The van der Waals surface area contributed by atoms with Crippen LogP contribution >= 0.6 is 0 Å². The summed E-state index contributed by atoms with van der Waals surface area (Å²) in [5, 5.41) is 10.7. The molecule has 28 heavy (non-hydrogen) atoms. The zero-order chi connectivity index (χ0) is 20.9. The smallest absolute Gasteiger partial charge is 0.338 e. The Kier molecular flexibility index (Phi) is 6.77. The van der Waals surface area contributed by atoms with Gasteiger partial charge >= 0.3 is 11.9 Å². The van der Waals surface area contributed by atoms with Crippen LogP contribution in [0, 0.1) is 15.5 Å². The number of nitro benzene ring substituents is 1. The summed E-state index contributed by atoms with van der Waals surface area (Å²) in [5.74, 6) is -0.821. The van der Waals surface area contributed by atoms with Gasteiger partial charge in [0.15, 0.2) is 0 Å².